The lowest BCUT2D eigenvalue weighted by molar-refractivity contribution is 0.0798. The van der Waals surface area contributed by atoms with Crippen LogP contribution in [0.3, 0.4) is 0 Å². The fraction of sp³-hybridized carbons (Fsp3) is 0.643. The van der Waals surface area contributed by atoms with E-state index in [1.807, 2.05) is 6.07 Å². The van der Waals surface area contributed by atoms with Crippen molar-refractivity contribution in [2.45, 2.75) is 116 Å². The molecule has 2 aliphatic rings. The number of tetrazole rings is 1. The number of aryl methyl sites for hydroxylation is 1. The zero-order chi connectivity index (χ0) is 24.2. The Labute approximate surface area is 208 Å². The molecule has 0 unspecified atom stereocenters. The van der Waals surface area contributed by atoms with Gasteiger partial charge in [-0.2, -0.15) is 0 Å². The molecule has 5 rings (SSSR count). The fourth-order valence-corrected chi connectivity index (χ4v) is 6.29. The van der Waals surface area contributed by atoms with Crippen LogP contribution in [0.25, 0.3) is 10.9 Å². The normalized spacial score (nSPS) is 18.6. The number of fused-ring (bicyclic) bond motifs is 1. The van der Waals surface area contributed by atoms with Gasteiger partial charge < -0.3 is 4.98 Å². The number of nitrogens with zero attached hydrogens (tertiary/aromatic N) is 5. The van der Waals surface area contributed by atoms with E-state index in [2.05, 4.69) is 62.1 Å². The largest absolute Gasteiger partial charge is 0.322 e. The molecule has 2 aromatic heterocycles. The Balaban J connectivity index is 1.53. The van der Waals surface area contributed by atoms with E-state index in [0.29, 0.717) is 18.6 Å². The molecule has 0 radical (unpaired) electrons. The second kappa shape index (κ2) is 11.0. The van der Waals surface area contributed by atoms with Crippen LogP contribution in [-0.4, -0.2) is 36.1 Å². The third kappa shape index (κ3) is 5.20. The van der Waals surface area contributed by atoms with Gasteiger partial charge in [0.1, 0.15) is 0 Å². The maximum Gasteiger partial charge on any atom is 0.252 e. The second-order valence-corrected chi connectivity index (χ2v) is 10.6. The Kier molecular flexibility index (Phi) is 7.61. The van der Waals surface area contributed by atoms with Crippen molar-refractivity contribution in [2.24, 2.45) is 0 Å². The van der Waals surface area contributed by atoms with Crippen LogP contribution in [0.15, 0.2) is 29.1 Å². The highest BCUT2D eigenvalue weighted by molar-refractivity contribution is 5.79. The van der Waals surface area contributed by atoms with Crippen molar-refractivity contribution in [2.75, 3.05) is 0 Å². The standard InChI is InChI=1S/C28H40N6O/c1-3-10-26(27-30-31-32-34(27)24-13-8-9-14-24)33(23-11-6-5-7-12-23)19-22-18-21-17-20(4-2)15-16-25(21)29-28(22)35/h15-18,23-24,26H,3-14,19H2,1-2H3,(H,29,35)/t26-/m1/s1. The highest BCUT2D eigenvalue weighted by Crippen LogP contribution is 2.36. The molecule has 0 spiro atoms. The molecule has 2 heterocycles. The lowest BCUT2D eigenvalue weighted by Crippen LogP contribution is -2.41. The summed E-state index contributed by atoms with van der Waals surface area (Å²) in [6.45, 7) is 5.04. The molecular weight excluding hydrogens is 436 g/mol. The Bertz CT molecular complexity index is 1170. The van der Waals surface area contributed by atoms with E-state index in [9.17, 15) is 4.79 Å². The summed E-state index contributed by atoms with van der Waals surface area (Å²) in [6, 6.07) is 9.45. The first-order valence-electron chi connectivity index (χ1n) is 13.9. The molecule has 0 saturated heterocycles. The maximum absolute atomic E-state index is 13.2. The van der Waals surface area contributed by atoms with Crippen LogP contribution < -0.4 is 5.56 Å². The SMILES string of the molecule is CCC[C@H](c1nnnn1C1CCCC1)N(Cc1cc2cc(CC)ccc2[nH]c1=O)C1CCCCC1. The lowest BCUT2D eigenvalue weighted by Gasteiger charge is -2.39. The van der Waals surface area contributed by atoms with Crippen molar-refractivity contribution in [1.29, 1.82) is 0 Å². The van der Waals surface area contributed by atoms with E-state index >= 15 is 0 Å². The smallest absolute Gasteiger partial charge is 0.252 e. The number of pyridine rings is 1. The summed E-state index contributed by atoms with van der Waals surface area (Å²) in [5.41, 5.74) is 3.07. The number of benzene rings is 1. The van der Waals surface area contributed by atoms with Gasteiger partial charge in [0.25, 0.3) is 5.56 Å². The molecule has 2 aliphatic carbocycles. The van der Waals surface area contributed by atoms with E-state index in [4.69, 9.17) is 0 Å². The molecule has 35 heavy (non-hydrogen) atoms. The van der Waals surface area contributed by atoms with E-state index in [1.54, 1.807) is 0 Å². The number of hydrogen-bond acceptors (Lipinski definition) is 5. The predicted octanol–water partition coefficient (Wildman–Crippen LogP) is 5.87. The number of aromatic amines is 1. The zero-order valence-corrected chi connectivity index (χ0v) is 21.4. The van der Waals surface area contributed by atoms with Crippen LogP contribution in [-0.2, 0) is 13.0 Å². The van der Waals surface area contributed by atoms with Gasteiger partial charge in [0, 0.05) is 23.7 Å². The molecule has 1 aromatic carbocycles. The summed E-state index contributed by atoms with van der Waals surface area (Å²) in [4.78, 5) is 19.0. The molecule has 0 amide bonds. The van der Waals surface area contributed by atoms with Crippen molar-refractivity contribution in [3.8, 4) is 0 Å². The van der Waals surface area contributed by atoms with Crippen LogP contribution in [0.1, 0.15) is 114 Å². The highest BCUT2D eigenvalue weighted by atomic mass is 16.1. The van der Waals surface area contributed by atoms with Crippen LogP contribution >= 0.6 is 0 Å². The molecule has 0 aliphatic heterocycles. The predicted molar refractivity (Wildman–Crippen MR) is 139 cm³/mol. The quantitative estimate of drug-likeness (QED) is 0.418. The summed E-state index contributed by atoms with van der Waals surface area (Å²) in [5, 5.41) is 14.3. The van der Waals surface area contributed by atoms with Crippen molar-refractivity contribution < 1.29 is 0 Å². The Morgan fingerprint density at radius 3 is 2.57 bits per heavy atom. The zero-order valence-electron chi connectivity index (χ0n) is 21.4. The Morgan fingerprint density at radius 1 is 1.06 bits per heavy atom. The molecule has 0 bridgehead atoms. The van der Waals surface area contributed by atoms with Crippen molar-refractivity contribution in [3.63, 3.8) is 0 Å². The molecule has 1 N–H and O–H groups in total. The third-order valence-corrected chi connectivity index (χ3v) is 8.24. The first-order valence-corrected chi connectivity index (χ1v) is 13.9. The molecule has 2 fully saturated rings. The number of rotatable bonds is 9. The second-order valence-electron chi connectivity index (χ2n) is 10.6. The summed E-state index contributed by atoms with van der Waals surface area (Å²) in [7, 11) is 0. The minimum atomic E-state index is 0.0215. The van der Waals surface area contributed by atoms with E-state index in [-0.39, 0.29) is 11.6 Å². The van der Waals surface area contributed by atoms with E-state index < -0.39 is 0 Å². The van der Waals surface area contributed by atoms with Gasteiger partial charge in [-0.05, 0) is 78.1 Å². The van der Waals surface area contributed by atoms with Crippen LogP contribution in [0.2, 0.25) is 0 Å². The van der Waals surface area contributed by atoms with E-state index in [0.717, 1.165) is 54.4 Å². The molecule has 2 saturated carbocycles. The van der Waals surface area contributed by atoms with Crippen LogP contribution in [0.4, 0.5) is 0 Å². The van der Waals surface area contributed by atoms with E-state index in [1.165, 1.54) is 50.5 Å². The Hall–Kier alpha value is -2.54. The summed E-state index contributed by atoms with van der Waals surface area (Å²) in [5.74, 6) is 0.995. The maximum atomic E-state index is 13.2. The van der Waals surface area contributed by atoms with Crippen molar-refractivity contribution >= 4 is 10.9 Å². The highest BCUT2D eigenvalue weighted by Gasteiger charge is 2.34. The molecule has 3 aromatic rings. The van der Waals surface area contributed by atoms with Gasteiger partial charge in [0.2, 0.25) is 0 Å². The number of hydrogen-bond donors (Lipinski definition) is 1. The summed E-state index contributed by atoms with van der Waals surface area (Å²) < 4.78 is 2.13. The van der Waals surface area contributed by atoms with Crippen LogP contribution in [0.5, 0.6) is 0 Å². The average Bonchev–Trinajstić information content (AvgIpc) is 3.59. The monoisotopic (exact) mass is 476 g/mol. The minimum absolute atomic E-state index is 0.0215. The van der Waals surface area contributed by atoms with Gasteiger partial charge in [-0.15, -0.1) is 5.10 Å². The molecule has 7 heteroatoms. The third-order valence-electron chi connectivity index (χ3n) is 8.24. The molecule has 188 valence electrons. The lowest BCUT2D eigenvalue weighted by atomic mass is 9.91. The molecule has 7 nitrogen and oxygen atoms in total. The van der Waals surface area contributed by atoms with Gasteiger partial charge >= 0.3 is 0 Å². The van der Waals surface area contributed by atoms with Gasteiger partial charge in [-0.3, -0.25) is 9.69 Å². The number of H-pyrrole nitrogens is 1. The molecular formula is C28H40N6O. The first-order chi connectivity index (χ1) is 17.2. The topological polar surface area (TPSA) is 79.7 Å². The number of nitrogens with one attached hydrogen (secondary N) is 1. The van der Waals surface area contributed by atoms with Gasteiger partial charge in [-0.25, -0.2) is 4.68 Å². The van der Waals surface area contributed by atoms with Gasteiger partial charge in [0.05, 0.1) is 12.1 Å². The average molecular weight is 477 g/mol. The van der Waals surface area contributed by atoms with Crippen LogP contribution in [0, 0.1) is 0 Å². The van der Waals surface area contributed by atoms with Gasteiger partial charge in [0.15, 0.2) is 5.82 Å². The molecule has 1 atom stereocenters. The summed E-state index contributed by atoms with van der Waals surface area (Å²) >= 11 is 0. The number of aromatic nitrogens is 5. The summed E-state index contributed by atoms with van der Waals surface area (Å²) in [6.07, 6.45) is 14.0. The van der Waals surface area contributed by atoms with Crippen molar-refractivity contribution in [3.05, 3.63) is 51.6 Å². The Morgan fingerprint density at radius 2 is 1.83 bits per heavy atom. The van der Waals surface area contributed by atoms with Gasteiger partial charge in [-0.1, -0.05) is 58.4 Å². The van der Waals surface area contributed by atoms with Crippen molar-refractivity contribution in [1.82, 2.24) is 30.1 Å². The minimum Gasteiger partial charge on any atom is -0.322 e. The fourth-order valence-electron chi connectivity index (χ4n) is 6.29. The first kappa shape index (κ1) is 24.2.